The van der Waals surface area contributed by atoms with Gasteiger partial charge in [0, 0.05) is 10.8 Å². The van der Waals surface area contributed by atoms with E-state index >= 15 is 0 Å². The lowest BCUT2D eigenvalue weighted by atomic mass is 9.88. The van der Waals surface area contributed by atoms with Crippen molar-refractivity contribution in [1.82, 2.24) is 4.98 Å². The van der Waals surface area contributed by atoms with Crippen molar-refractivity contribution in [3.8, 4) is 0 Å². The van der Waals surface area contributed by atoms with Crippen LogP contribution in [-0.2, 0) is 5.60 Å². The van der Waals surface area contributed by atoms with E-state index in [0.717, 1.165) is 22.5 Å². The van der Waals surface area contributed by atoms with Gasteiger partial charge in [-0.3, -0.25) is 0 Å². The zero-order valence-corrected chi connectivity index (χ0v) is 10.1. The Balaban J connectivity index is 2.34. The molecule has 1 N–H and O–H groups in total. The lowest BCUT2D eigenvalue weighted by Crippen LogP contribution is -2.31. The highest BCUT2D eigenvalue weighted by Crippen LogP contribution is 2.58. The molecule has 1 fully saturated rings. The lowest BCUT2D eigenvalue weighted by molar-refractivity contribution is -0.0129. The fourth-order valence-corrected chi connectivity index (χ4v) is 2.87. The highest BCUT2D eigenvalue weighted by Gasteiger charge is 2.54. The van der Waals surface area contributed by atoms with Crippen molar-refractivity contribution in [3.05, 3.63) is 15.0 Å². The summed E-state index contributed by atoms with van der Waals surface area (Å²) >= 11 is 4.82. The zero-order valence-electron chi connectivity index (χ0n) is 7.67. The first-order chi connectivity index (χ1) is 5.96. The van der Waals surface area contributed by atoms with E-state index in [1.54, 1.807) is 0 Å². The van der Waals surface area contributed by atoms with Gasteiger partial charge >= 0.3 is 0 Å². The van der Waals surface area contributed by atoms with E-state index in [4.69, 9.17) is 0 Å². The summed E-state index contributed by atoms with van der Waals surface area (Å²) in [5.74, 6) is 0. The molecule has 1 unspecified atom stereocenters. The number of rotatable bonds is 2. The Morgan fingerprint density at radius 3 is 2.69 bits per heavy atom. The standard InChI is InChI=1S/C9H12BrNOS/c1-8(3-4-8)9(2,12)7-11-6(10)5-13-7/h5,12H,3-4H2,1-2H3. The van der Waals surface area contributed by atoms with E-state index < -0.39 is 5.60 Å². The zero-order chi connectivity index (χ0) is 9.69. The molecule has 1 aliphatic rings. The molecule has 0 spiro atoms. The normalized spacial score (nSPS) is 24.0. The minimum atomic E-state index is -0.760. The maximum absolute atomic E-state index is 10.3. The molecule has 1 saturated carbocycles. The van der Waals surface area contributed by atoms with Crippen LogP contribution in [0.4, 0.5) is 0 Å². The van der Waals surface area contributed by atoms with Crippen molar-refractivity contribution >= 4 is 27.3 Å². The smallest absolute Gasteiger partial charge is 0.126 e. The topological polar surface area (TPSA) is 33.1 Å². The van der Waals surface area contributed by atoms with Crippen molar-refractivity contribution < 1.29 is 5.11 Å². The summed E-state index contributed by atoms with van der Waals surface area (Å²) in [6, 6.07) is 0. The second-order valence-corrected chi connectivity index (χ2v) is 5.78. The SMILES string of the molecule is CC1(C(C)(O)c2nc(Br)cs2)CC1. The molecule has 1 aliphatic carbocycles. The monoisotopic (exact) mass is 261 g/mol. The van der Waals surface area contributed by atoms with Crippen LogP contribution in [0, 0.1) is 5.41 Å². The van der Waals surface area contributed by atoms with Crippen molar-refractivity contribution in [2.45, 2.75) is 32.3 Å². The van der Waals surface area contributed by atoms with Crippen molar-refractivity contribution in [3.63, 3.8) is 0 Å². The maximum atomic E-state index is 10.3. The Hall–Kier alpha value is 0.0700. The van der Waals surface area contributed by atoms with Gasteiger partial charge in [-0.05, 0) is 35.7 Å². The molecule has 13 heavy (non-hydrogen) atoms. The van der Waals surface area contributed by atoms with Gasteiger partial charge in [0.25, 0.3) is 0 Å². The van der Waals surface area contributed by atoms with Crippen LogP contribution in [0.3, 0.4) is 0 Å². The van der Waals surface area contributed by atoms with Crippen LogP contribution in [0.15, 0.2) is 9.98 Å². The van der Waals surface area contributed by atoms with E-state index in [1.807, 2.05) is 12.3 Å². The summed E-state index contributed by atoms with van der Waals surface area (Å²) in [5.41, 5.74) is -0.714. The van der Waals surface area contributed by atoms with E-state index in [2.05, 4.69) is 27.8 Å². The molecule has 0 saturated heterocycles. The fraction of sp³-hybridized carbons (Fsp3) is 0.667. The van der Waals surface area contributed by atoms with Crippen molar-refractivity contribution in [2.24, 2.45) is 5.41 Å². The molecule has 2 rings (SSSR count). The number of hydrogen-bond donors (Lipinski definition) is 1. The molecule has 1 aromatic rings. The second-order valence-electron chi connectivity index (χ2n) is 4.11. The lowest BCUT2D eigenvalue weighted by Gasteiger charge is -2.27. The van der Waals surface area contributed by atoms with Crippen molar-refractivity contribution in [2.75, 3.05) is 0 Å². The summed E-state index contributed by atoms with van der Waals surface area (Å²) < 4.78 is 0.817. The molecular formula is C9H12BrNOS. The summed E-state index contributed by atoms with van der Waals surface area (Å²) in [7, 11) is 0. The van der Waals surface area contributed by atoms with Gasteiger partial charge in [-0.25, -0.2) is 4.98 Å². The molecule has 0 bridgehead atoms. The number of aromatic nitrogens is 1. The second kappa shape index (κ2) is 2.78. The van der Waals surface area contributed by atoms with E-state index in [1.165, 1.54) is 11.3 Å². The van der Waals surface area contributed by atoms with Crippen LogP contribution < -0.4 is 0 Å². The highest BCUT2D eigenvalue weighted by molar-refractivity contribution is 9.10. The predicted octanol–water partition coefficient (Wildman–Crippen LogP) is 2.91. The van der Waals surface area contributed by atoms with Crippen LogP contribution >= 0.6 is 27.3 Å². The molecule has 72 valence electrons. The van der Waals surface area contributed by atoms with Gasteiger partial charge in [0.1, 0.15) is 15.2 Å². The van der Waals surface area contributed by atoms with Gasteiger partial charge < -0.3 is 5.11 Å². The third-order valence-corrected chi connectivity index (χ3v) is 4.83. The van der Waals surface area contributed by atoms with E-state index in [0.29, 0.717) is 0 Å². The van der Waals surface area contributed by atoms with Gasteiger partial charge in [0.05, 0.1) is 0 Å². The minimum absolute atomic E-state index is 0.0459. The summed E-state index contributed by atoms with van der Waals surface area (Å²) in [4.78, 5) is 4.27. The summed E-state index contributed by atoms with van der Waals surface area (Å²) in [5, 5.41) is 13.1. The van der Waals surface area contributed by atoms with Crippen LogP contribution in [-0.4, -0.2) is 10.1 Å². The van der Waals surface area contributed by atoms with Crippen molar-refractivity contribution in [1.29, 1.82) is 0 Å². The maximum Gasteiger partial charge on any atom is 0.126 e. The van der Waals surface area contributed by atoms with Crippen LogP contribution in [0.25, 0.3) is 0 Å². The first kappa shape index (κ1) is 9.62. The predicted molar refractivity (Wildman–Crippen MR) is 56.7 cm³/mol. The molecule has 0 amide bonds. The van der Waals surface area contributed by atoms with Gasteiger partial charge in [-0.2, -0.15) is 0 Å². The van der Waals surface area contributed by atoms with Gasteiger partial charge in [-0.1, -0.05) is 6.92 Å². The van der Waals surface area contributed by atoms with Gasteiger partial charge in [0.15, 0.2) is 0 Å². The first-order valence-electron chi connectivity index (χ1n) is 4.30. The number of nitrogens with zero attached hydrogens (tertiary/aromatic N) is 1. The summed E-state index contributed by atoms with van der Waals surface area (Å²) in [6.07, 6.45) is 2.19. The molecule has 2 nitrogen and oxygen atoms in total. The third-order valence-electron chi connectivity index (χ3n) is 3.07. The Bertz CT molecular complexity index is 330. The molecule has 1 heterocycles. The number of thiazole rings is 1. The van der Waals surface area contributed by atoms with Gasteiger partial charge in [0.2, 0.25) is 0 Å². The first-order valence-corrected chi connectivity index (χ1v) is 5.97. The molecule has 1 atom stereocenters. The molecule has 0 aromatic carbocycles. The number of halogens is 1. The molecule has 4 heteroatoms. The quantitative estimate of drug-likeness (QED) is 0.888. The largest absolute Gasteiger partial charge is 0.382 e. The van der Waals surface area contributed by atoms with Crippen LogP contribution in [0.2, 0.25) is 0 Å². The third kappa shape index (κ3) is 1.45. The molecule has 0 radical (unpaired) electrons. The molecular weight excluding hydrogens is 250 g/mol. The average Bonchev–Trinajstić information content (AvgIpc) is 2.63. The fourth-order valence-electron chi connectivity index (χ4n) is 1.41. The number of aliphatic hydroxyl groups is 1. The Morgan fingerprint density at radius 1 is 1.69 bits per heavy atom. The van der Waals surface area contributed by atoms with E-state index in [9.17, 15) is 5.11 Å². The Morgan fingerprint density at radius 2 is 2.31 bits per heavy atom. The Labute approximate surface area is 90.1 Å². The minimum Gasteiger partial charge on any atom is -0.382 e. The highest BCUT2D eigenvalue weighted by atomic mass is 79.9. The Kier molecular flexibility index (Phi) is 2.06. The van der Waals surface area contributed by atoms with E-state index in [-0.39, 0.29) is 5.41 Å². The van der Waals surface area contributed by atoms with Crippen LogP contribution in [0.1, 0.15) is 31.7 Å². The van der Waals surface area contributed by atoms with Gasteiger partial charge in [-0.15, -0.1) is 11.3 Å². The average molecular weight is 262 g/mol. The number of hydrogen-bond acceptors (Lipinski definition) is 3. The summed E-state index contributed by atoms with van der Waals surface area (Å²) in [6.45, 7) is 3.98. The van der Waals surface area contributed by atoms with Crippen LogP contribution in [0.5, 0.6) is 0 Å². The molecule has 1 aromatic heterocycles. The molecule has 0 aliphatic heterocycles.